The molecule has 0 saturated carbocycles. The van der Waals surface area contributed by atoms with Crippen molar-refractivity contribution in [3.8, 4) is 0 Å². The molecule has 1 aromatic heterocycles. The Morgan fingerprint density at radius 1 is 1.65 bits per heavy atom. The molecule has 2 aliphatic rings. The van der Waals surface area contributed by atoms with Gasteiger partial charge in [-0.25, -0.2) is 4.98 Å². The number of hydrogen-bond acceptors (Lipinski definition) is 4. The summed E-state index contributed by atoms with van der Waals surface area (Å²) in [5.41, 5.74) is 1.09. The van der Waals surface area contributed by atoms with Crippen molar-refractivity contribution in [1.82, 2.24) is 9.88 Å². The van der Waals surface area contributed by atoms with E-state index >= 15 is 0 Å². The van der Waals surface area contributed by atoms with E-state index in [-0.39, 0.29) is 12.0 Å². The van der Waals surface area contributed by atoms with E-state index in [0.29, 0.717) is 6.04 Å². The van der Waals surface area contributed by atoms with Crippen LogP contribution in [0.2, 0.25) is 0 Å². The van der Waals surface area contributed by atoms with Crippen LogP contribution in [0.15, 0.2) is 5.38 Å². The monoisotopic (exact) mass is 252 g/mol. The Morgan fingerprint density at radius 3 is 3.06 bits per heavy atom. The molecule has 2 saturated heterocycles. The van der Waals surface area contributed by atoms with Crippen LogP contribution in [0.4, 0.5) is 0 Å². The average molecular weight is 252 g/mol. The predicted molar refractivity (Wildman–Crippen MR) is 64.9 cm³/mol. The molecule has 2 fully saturated rings. The van der Waals surface area contributed by atoms with Gasteiger partial charge in [0.15, 0.2) is 0 Å². The van der Waals surface area contributed by atoms with Crippen LogP contribution >= 0.6 is 11.3 Å². The first kappa shape index (κ1) is 11.2. The molecule has 3 rings (SSSR count). The number of aliphatic carboxylic acids is 1. The summed E-state index contributed by atoms with van der Waals surface area (Å²) in [6, 6.07) is 0.697. The largest absolute Gasteiger partial charge is 0.481 e. The molecule has 4 nitrogen and oxygen atoms in total. The predicted octanol–water partition coefficient (Wildman–Crippen LogP) is 1.89. The number of rotatable bonds is 3. The number of fused-ring (bicyclic) bond motifs is 2. The first-order chi connectivity index (χ1) is 8.15. The van der Waals surface area contributed by atoms with Crippen LogP contribution in [0.5, 0.6) is 0 Å². The summed E-state index contributed by atoms with van der Waals surface area (Å²) in [6.45, 7) is 2.83. The van der Waals surface area contributed by atoms with Gasteiger partial charge in [0.1, 0.15) is 0 Å². The molecule has 3 heterocycles. The molecule has 3 atom stereocenters. The number of nitrogens with zero attached hydrogens (tertiary/aromatic N) is 2. The highest BCUT2D eigenvalue weighted by Gasteiger charge is 2.49. The second kappa shape index (κ2) is 4.07. The molecular formula is C12H16N2O2S. The number of thiazole rings is 1. The Balaban J connectivity index is 1.75. The highest BCUT2D eigenvalue weighted by atomic mass is 32.1. The summed E-state index contributed by atoms with van der Waals surface area (Å²) in [5.74, 6) is -0.787. The van der Waals surface area contributed by atoms with E-state index in [2.05, 4.69) is 15.3 Å². The normalized spacial score (nSPS) is 32.2. The second-order valence-corrected chi connectivity index (χ2v) is 6.07. The highest BCUT2D eigenvalue weighted by molar-refractivity contribution is 7.09. The average Bonchev–Trinajstić information content (AvgIpc) is 2.95. The van der Waals surface area contributed by atoms with Gasteiger partial charge in [-0.1, -0.05) is 0 Å². The third kappa shape index (κ3) is 1.87. The highest BCUT2D eigenvalue weighted by Crippen LogP contribution is 2.42. The van der Waals surface area contributed by atoms with Crippen LogP contribution in [-0.4, -0.2) is 33.0 Å². The molecular weight excluding hydrogens is 236 g/mol. The van der Waals surface area contributed by atoms with Gasteiger partial charge in [0.05, 0.1) is 16.6 Å². The van der Waals surface area contributed by atoms with E-state index in [0.717, 1.165) is 36.5 Å². The molecule has 0 radical (unpaired) electrons. The Labute approximate surface area is 104 Å². The molecule has 0 spiro atoms. The Kier molecular flexibility index (Phi) is 2.67. The fraction of sp³-hybridized carbons (Fsp3) is 0.667. The topological polar surface area (TPSA) is 53.4 Å². The number of aryl methyl sites for hydroxylation is 1. The smallest absolute Gasteiger partial charge is 0.308 e. The molecule has 1 aromatic rings. The van der Waals surface area contributed by atoms with Crippen molar-refractivity contribution in [1.29, 1.82) is 0 Å². The minimum absolute atomic E-state index is 0.159. The summed E-state index contributed by atoms with van der Waals surface area (Å²) in [6.07, 6.45) is 3.01. The molecule has 2 aliphatic heterocycles. The maximum atomic E-state index is 11.2. The third-order valence-corrected chi connectivity index (χ3v) is 4.83. The zero-order chi connectivity index (χ0) is 12.0. The lowest BCUT2D eigenvalue weighted by Gasteiger charge is -2.21. The summed E-state index contributed by atoms with van der Waals surface area (Å²) in [7, 11) is 0. The number of carboxylic acids is 1. The van der Waals surface area contributed by atoms with E-state index in [1.807, 2.05) is 6.92 Å². The minimum atomic E-state index is -0.628. The van der Waals surface area contributed by atoms with Crippen molar-refractivity contribution in [3.63, 3.8) is 0 Å². The third-order valence-electron chi connectivity index (χ3n) is 4.01. The molecule has 0 aliphatic carbocycles. The molecule has 92 valence electrons. The van der Waals surface area contributed by atoms with Crippen LogP contribution in [0.25, 0.3) is 0 Å². The van der Waals surface area contributed by atoms with Crippen molar-refractivity contribution in [2.24, 2.45) is 5.92 Å². The van der Waals surface area contributed by atoms with E-state index in [1.54, 1.807) is 11.3 Å². The molecule has 5 heteroatoms. The van der Waals surface area contributed by atoms with E-state index in [4.69, 9.17) is 0 Å². The molecule has 17 heavy (non-hydrogen) atoms. The zero-order valence-electron chi connectivity index (χ0n) is 9.80. The Morgan fingerprint density at radius 2 is 2.47 bits per heavy atom. The second-order valence-electron chi connectivity index (χ2n) is 5.01. The van der Waals surface area contributed by atoms with Crippen molar-refractivity contribution >= 4 is 17.3 Å². The Bertz CT molecular complexity index is 445. The van der Waals surface area contributed by atoms with Gasteiger partial charge in [0.25, 0.3) is 0 Å². The van der Waals surface area contributed by atoms with Gasteiger partial charge < -0.3 is 5.11 Å². The lowest BCUT2D eigenvalue weighted by Crippen LogP contribution is -2.32. The van der Waals surface area contributed by atoms with Crippen molar-refractivity contribution in [2.45, 2.75) is 44.8 Å². The van der Waals surface area contributed by atoms with Crippen LogP contribution < -0.4 is 0 Å². The van der Waals surface area contributed by atoms with E-state index in [9.17, 15) is 9.90 Å². The fourth-order valence-corrected chi connectivity index (χ4v) is 3.88. The first-order valence-electron chi connectivity index (χ1n) is 6.04. The molecule has 1 N–H and O–H groups in total. The van der Waals surface area contributed by atoms with E-state index in [1.165, 1.54) is 0 Å². The fourth-order valence-electron chi connectivity index (χ4n) is 3.28. The quantitative estimate of drug-likeness (QED) is 0.892. The van der Waals surface area contributed by atoms with Gasteiger partial charge in [-0.2, -0.15) is 0 Å². The van der Waals surface area contributed by atoms with E-state index < -0.39 is 5.97 Å². The SMILES string of the molecule is Cc1nc(CN2C3CCC2C(C(=O)O)C3)cs1. The molecule has 0 aromatic carbocycles. The van der Waals surface area contributed by atoms with Crippen LogP contribution in [0.1, 0.15) is 30.0 Å². The van der Waals surface area contributed by atoms with Gasteiger partial charge in [-0.05, 0) is 26.2 Å². The number of carboxylic acid groups (broad SMARTS) is 1. The van der Waals surface area contributed by atoms with Crippen molar-refractivity contribution in [3.05, 3.63) is 16.1 Å². The lowest BCUT2D eigenvalue weighted by atomic mass is 9.89. The lowest BCUT2D eigenvalue weighted by molar-refractivity contribution is -0.142. The summed E-state index contributed by atoms with van der Waals surface area (Å²) in [4.78, 5) is 18.0. The van der Waals surface area contributed by atoms with Crippen molar-refractivity contribution < 1.29 is 9.90 Å². The summed E-state index contributed by atoms with van der Waals surface area (Å²) in [5, 5.41) is 12.4. The molecule has 3 unspecified atom stereocenters. The minimum Gasteiger partial charge on any atom is -0.481 e. The van der Waals surface area contributed by atoms with Gasteiger partial charge in [0, 0.05) is 24.0 Å². The van der Waals surface area contributed by atoms with Crippen molar-refractivity contribution in [2.75, 3.05) is 0 Å². The van der Waals surface area contributed by atoms with Gasteiger partial charge in [-0.3, -0.25) is 9.69 Å². The standard InChI is InChI=1S/C12H16N2O2S/c1-7-13-8(6-17-7)5-14-9-2-3-11(14)10(4-9)12(15)16/h6,9-11H,2-5H2,1H3,(H,15,16). The molecule has 0 amide bonds. The zero-order valence-corrected chi connectivity index (χ0v) is 10.6. The van der Waals surface area contributed by atoms with Crippen LogP contribution in [0, 0.1) is 12.8 Å². The molecule has 2 bridgehead atoms. The summed E-state index contributed by atoms with van der Waals surface area (Å²) < 4.78 is 0. The number of hydrogen-bond donors (Lipinski definition) is 1. The maximum absolute atomic E-state index is 11.2. The maximum Gasteiger partial charge on any atom is 0.308 e. The van der Waals surface area contributed by atoms with Gasteiger partial charge in [-0.15, -0.1) is 11.3 Å². The van der Waals surface area contributed by atoms with Crippen LogP contribution in [0.3, 0.4) is 0 Å². The van der Waals surface area contributed by atoms with Gasteiger partial charge >= 0.3 is 5.97 Å². The number of carbonyl (C=O) groups is 1. The first-order valence-corrected chi connectivity index (χ1v) is 6.92. The Hall–Kier alpha value is -0.940. The number of aromatic nitrogens is 1. The van der Waals surface area contributed by atoms with Crippen LogP contribution in [-0.2, 0) is 11.3 Å². The summed E-state index contributed by atoms with van der Waals surface area (Å²) >= 11 is 1.66. The van der Waals surface area contributed by atoms with Gasteiger partial charge in [0.2, 0.25) is 0 Å².